The molecule has 0 heterocycles. The molecule has 0 bridgehead atoms. The van der Waals surface area contributed by atoms with E-state index in [0.717, 1.165) is 24.8 Å². The molecule has 0 saturated heterocycles. The van der Waals surface area contributed by atoms with Gasteiger partial charge in [0.05, 0.1) is 0 Å². The number of primary amides is 1. The average molecular weight is 141 g/mol. The van der Waals surface area contributed by atoms with Gasteiger partial charge in [0, 0.05) is 0 Å². The smallest absolute Gasteiger partial charge is 0.405 e. The Hall–Kier alpha value is -0.990. The van der Waals surface area contributed by atoms with Gasteiger partial charge in [0.15, 0.2) is 0 Å². The summed E-state index contributed by atoms with van der Waals surface area (Å²) in [6, 6.07) is 0. The van der Waals surface area contributed by atoms with E-state index in [4.69, 9.17) is 10.5 Å². The third-order valence-corrected chi connectivity index (χ3v) is 1.68. The van der Waals surface area contributed by atoms with Crippen LogP contribution in [-0.2, 0) is 4.74 Å². The molecule has 0 aromatic heterocycles. The lowest BCUT2D eigenvalue weighted by Crippen LogP contribution is -2.21. The van der Waals surface area contributed by atoms with Crippen LogP contribution in [0.25, 0.3) is 0 Å². The molecule has 1 aliphatic carbocycles. The summed E-state index contributed by atoms with van der Waals surface area (Å²) < 4.78 is 4.76. The minimum absolute atomic E-state index is 0.113. The van der Waals surface area contributed by atoms with Gasteiger partial charge < -0.3 is 10.5 Å². The van der Waals surface area contributed by atoms with Gasteiger partial charge in [0.1, 0.15) is 6.10 Å². The van der Waals surface area contributed by atoms with Gasteiger partial charge in [-0.25, -0.2) is 4.79 Å². The van der Waals surface area contributed by atoms with Crippen LogP contribution in [0.2, 0.25) is 0 Å². The van der Waals surface area contributed by atoms with Crippen molar-refractivity contribution in [2.24, 2.45) is 5.73 Å². The summed E-state index contributed by atoms with van der Waals surface area (Å²) in [5, 5.41) is 0. The first-order valence-corrected chi connectivity index (χ1v) is 3.34. The summed E-state index contributed by atoms with van der Waals surface area (Å²) in [6.07, 6.45) is 2.07. The van der Waals surface area contributed by atoms with Crippen LogP contribution in [0.5, 0.6) is 0 Å². The number of ether oxygens (including phenoxy) is 1. The number of carbonyl (C=O) groups excluding carboxylic acids is 1. The quantitative estimate of drug-likeness (QED) is 0.557. The van der Waals surface area contributed by atoms with Gasteiger partial charge in [-0.15, -0.1) is 0 Å². The zero-order valence-electron chi connectivity index (χ0n) is 5.80. The highest BCUT2D eigenvalue weighted by Crippen LogP contribution is 2.25. The predicted octanol–water partition coefficient (Wildman–Crippen LogP) is 1.19. The number of nitrogens with two attached hydrogens (primary N) is 1. The van der Waals surface area contributed by atoms with Crippen LogP contribution < -0.4 is 5.73 Å². The van der Waals surface area contributed by atoms with Crippen molar-refractivity contribution in [3.8, 4) is 0 Å². The van der Waals surface area contributed by atoms with E-state index in [0.29, 0.717) is 0 Å². The molecule has 3 nitrogen and oxygen atoms in total. The third-order valence-electron chi connectivity index (χ3n) is 1.68. The van der Waals surface area contributed by atoms with E-state index in [2.05, 4.69) is 6.58 Å². The highest BCUT2D eigenvalue weighted by molar-refractivity contribution is 5.65. The lowest BCUT2D eigenvalue weighted by atomic mass is 10.2. The molecule has 0 aromatic rings. The maximum Gasteiger partial charge on any atom is 0.405 e. The molecule has 1 rings (SSSR count). The van der Waals surface area contributed by atoms with Crippen molar-refractivity contribution >= 4 is 6.09 Å². The first-order chi connectivity index (χ1) is 4.70. The first-order valence-electron chi connectivity index (χ1n) is 3.34. The molecule has 0 aromatic carbocycles. The second-order valence-corrected chi connectivity index (χ2v) is 2.48. The molecule has 0 spiro atoms. The lowest BCUT2D eigenvalue weighted by Gasteiger charge is -2.09. The highest BCUT2D eigenvalue weighted by Gasteiger charge is 2.21. The number of rotatable bonds is 1. The van der Waals surface area contributed by atoms with E-state index in [1.165, 1.54) is 0 Å². The van der Waals surface area contributed by atoms with Crippen LogP contribution in [0.3, 0.4) is 0 Å². The SMILES string of the molecule is C=C1CCCC1OC(N)=O. The Labute approximate surface area is 59.8 Å². The minimum Gasteiger partial charge on any atom is -0.442 e. The molecule has 1 unspecified atom stereocenters. The third kappa shape index (κ3) is 1.50. The summed E-state index contributed by atoms with van der Waals surface area (Å²) >= 11 is 0. The van der Waals surface area contributed by atoms with Gasteiger partial charge in [0.25, 0.3) is 0 Å². The van der Waals surface area contributed by atoms with Crippen molar-refractivity contribution in [2.75, 3.05) is 0 Å². The molecule has 56 valence electrons. The predicted molar refractivity (Wildman–Crippen MR) is 37.4 cm³/mol. The average Bonchev–Trinajstić information content (AvgIpc) is 2.15. The first kappa shape index (κ1) is 7.12. The van der Waals surface area contributed by atoms with Gasteiger partial charge in [-0.05, 0) is 24.8 Å². The van der Waals surface area contributed by atoms with E-state index in [1.807, 2.05) is 0 Å². The zero-order valence-corrected chi connectivity index (χ0v) is 5.80. The van der Waals surface area contributed by atoms with Crippen molar-refractivity contribution in [3.05, 3.63) is 12.2 Å². The highest BCUT2D eigenvalue weighted by atomic mass is 16.6. The topological polar surface area (TPSA) is 52.3 Å². The molecular formula is C7H11NO2. The Kier molecular flexibility index (Phi) is 1.94. The van der Waals surface area contributed by atoms with Crippen LogP contribution >= 0.6 is 0 Å². The fraction of sp³-hybridized carbons (Fsp3) is 0.571. The fourth-order valence-corrected chi connectivity index (χ4v) is 1.16. The summed E-state index contributed by atoms with van der Waals surface area (Å²) in [5.41, 5.74) is 5.82. The van der Waals surface area contributed by atoms with E-state index < -0.39 is 6.09 Å². The number of hydrogen-bond donors (Lipinski definition) is 1. The molecule has 1 amide bonds. The molecule has 0 aliphatic heterocycles. The molecule has 1 atom stereocenters. The molecular weight excluding hydrogens is 130 g/mol. The van der Waals surface area contributed by atoms with Crippen molar-refractivity contribution < 1.29 is 9.53 Å². The van der Waals surface area contributed by atoms with Gasteiger partial charge in [-0.2, -0.15) is 0 Å². The maximum absolute atomic E-state index is 10.3. The standard InChI is InChI=1S/C7H11NO2/c1-5-3-2-4-6(5)10-7(8)9/h6H,1-4H2,(H2,8,9). The van der Waals surface area contributed by atoms with Crippen LogP contribution in [0, 0.1) is 0 Å². The Bertz CT molecular complexity index is 165. The lowest BCUT2D eigenvalue weighted by molar-refractivity contribution is 0.127. The van der Waals surface area contributed by atoms with Gasteiger partial charge in [-0.3, -0.25) is 0 Å². The summed E-state index contributed by atoms with van der Waals surface area (Å²) in [6.45, 7) is 3.76. The van der Waals surface area contributed by atoms with Crippen molar-refractivity contribution in [2.45, 2.75) is 25.4 Å². The molecule has 1 fully saturated rings. The molecule has 0 radical (unpaired) electrons. The largest absolute Gasteiger partial charge is 0.442 e. The van der Waals surface area contributed by atoms with Gasteiger partial charge in [-0.1, -0.05) is 6.58 Å². The number of carbonyl (C=O) groups is 1. The second-order valence-electron chi connectivity index (χ2n) is 2.48. The van der Waals surface area contributed by atoms with Gasteiger partial charge in [0.2, 0.25) is 0 Å². The molecule has 2 N–H and O–H groups in total. The van der Waals surface area contributed by atoms with Gasteiger partial charge >= 0.3 is 6.09 Å². The fourth-order valence-electron chi connectivity index (χ4n) is 1.16. The Morgan fingerprint density at radius 1 is 1.80 bits per heavy atom. The Balaban J connectivity index is 2.40. The molecule has 1 saturated carbocycles. The molecule has 10 heavy (non-hydrogen) atoms. The van der Waals surface area contributed by atoms with Crippen LogP contribution in [0.15, 0.2) is 12.2 Å². The maximum atomic E-state index is 10.3. The Morgan fingerprint density at radius 3 is 2.90 bits per heavy atom. The van der Waals surface area contributed by atoms with Crippen LogP contribution in [-0.4, -0.2) is 12.2 Å². The Morgan fingerprint density at radius 2 is 2.50 bits per heavy atom. The normalized spacial score (nSPS) is 24.8. The second kappa shape index (κ2) is 2.73. The van der Waals surface area contributed by atoms with Crippen LogP contribution in [0.1, 0.15) is 19.3 Å². The van der Waals surface area contributed by atoms with Crippen molar-refractivity contribution in [3.63, 3.8) is 0 Å². The molecule has 1 aliphatic rings. The number of hydrogen-bond acceptors (Lipinski definition) is 2. The molecule has 3 heteroatoms. The van der Waals surface area contributed by atoms with Crippen molar-refractivity contribution in [1.29, 1.82) is 0 Å². The zero-order chi connectivity index (χ0) is 7.56. The number of amides is 1. The summed E-state index contributed by atoms with van der Waals surface area (Å²) in [5.74, 6) is 0. The van der Waals surface area contributed by atoms with E-state index in [-0.39, 0.29) is 6.10 Å². The van der Waals surface area contributed by atoms with E-state index in [1.54, 1.807) is 0 Å². The minimum atomic E-state index is -0.701. The van der Waals surface area contributed by atoms with Crippen molar-refractivity contribution in [1.82, 2.24) is 0 Å². The summed E-state index contributed by atoms with van der Waals surface area (Å²) in [7, 11) is 0. The summed E-state index contributed by atoms with van der Waals surface area (Å²) in [4.78, 5) is 10.3. The van der Waals surface area contributed by atoms with E-state index in [9.17, 15) is 4.79 Å². The monoisotopic (exact) mass is 141 g/mol. The van der Waals surface area contributed by atoms with Crippen LogP contribution in [0.4, 0.5) is 4.79 Å². The van der Waals surface area contributed by atoms with E-state index >= 15 is 0 Å².